The molecule has 3 atom stereocenters. The molecule has 0 saturated heterocycles. The van der Waals surface area contributed by atoms with Crippen LogP contribution in [0.15, 0.2) is 72.3 Å². The molecule has 1 aliphatic carbocycles. The van der Waals surface area contributed by atoms with Gasteiger partial charge >= 0.3 is 6.18 Å². The number of alkyl halides is 3. The molecule has 0 heterocycles. The number of primary amides is 1. The molecule has 0 aliphatic heterocycles. The van der Waals surface area contributed by atoms with Crippen molar-refractivity contribution in [2.75, 3.05) is 19.6 Å². The molecule has 0 bridgehead atoms. The van der Waals surface area contributed by atoms with Gasteiger partial charge in [-0.25, -0.2) is 0 Å². The number of carbonyl (C=O) groups is 2. The molecule has 2 amide bonds. The molecule has 0 saturated carbocycles. The molecule has 2 aromatic carbocycles. The fraction of sp³-hybridized carbons (Fsp3) is 0.438. The number of nitrogens with one attached hydrogen (secondary N) is 1. The van der Waals surface area contributed by atoms with Crippen molar-refractivity contribution in [2.24, 2.45) is 17.1 Å². The number of carbonyl (C=O) groups excluding carboxylic acids is 2. The summed E-state index contributed by atoms with van der Waals surface area (Å²) in [4.78, 5) is 28.5. The van der Waals surface area contributed by atoms with Gasteiger partial charge in [0.15, 0.2) is 0 Å². The van der Waals surface area contributed by atoms with E-state index in [2.05, 4.69) is 5.32 Å². The molecule has 0 fully saturated rings. The van der Waals surface area contributed by atoms with Crippen molar-refractivity contribution in [3.8, 4) is 0 Å². The summed E-state index contributed by atoms with van der Waals surface area (Å²) in [5.41, 5.74) is 5.00. The first kappa shape index (κ1) is 33.4. The van der Waals surface area contributed by atoms with Crippen molar-refractivity contribution in [1.29, 1.82) is 0 Å². The zero-order chi connectivity index (χ0) is 30.9. The molecule has 3 rings (SSSR count). The summed E-state index contributed by atoms with van der Waals surface area (Å²) >= 11 is 5.76. The van der Waals surface area contributed by atoms with Gasteiger partial charge in [0, 0.05) is 37.7 Å². The Hall–Kier alpha value is -3.14. The molecule has 4 N–H and O–H groups in total. The predicted octanol–water partition coefficient (Wildman–Crippen LogP) is 5.67. The van der Waals surface area contributed by atoms with Crippen LogP contribution < -0.4 is 11.1 Å². The first-order valence-corrected chi connectivity index (χ1v) is 14.6. The van der Waals surface area contributed by atoms with Gasteiger partial charge < -0.3 is 21.1 Å². The summed E-state index contributed by atoms with van der Waals surface area (Å²) in [6.45, 7) is 5.02. The van der Waals surface area contributed by atoms with E-state index in [-0.39, 0.29) is 36.0 Å². The van der Waals surface area contributed by atoms with Crippen LogP contribution in [0.25, 0.3) is 0 Å². The predicted molar refractivity (Wildman–Crippen MR) is 158 cm³/mol. The molecular formula is C32H39ClF3N3O3. The van der Waals surface area contributed by atoms with Gasteiger partial charge in [0.2, 0.25) is 11.8 Å². The quantitative estimate of drug-likeness (QED) is 0.258. The smallest absolute Gasteiger partial charge is 0.391 e. The highest BCUT2D eigenvalue weighted by Gasteiger charge is 2.49. The number of halogens is 4. The maximum absolute atomic E-state index is 14.4. The van der Waals surface area contributed by atoms with Crippen LogP contribution in [0.3, 0.4) is 0 Å². The molecule has 2 aromatic rings. The minimum Gasteiger partial charge on any atom is -0.391 e. The largest absolute Gasteiger partial charge is 0.417 e. The topological polar surface area (TPSA) is 95.7 Å². The van der Waals surface area contributed by atoms with Crippen LogP contribution in [-0.2, 0) is 28.7 Å². The number of aliphatic hydroxyl groups excluding tert-OH is 1. The van der Waals surface area contributed by atoms with E-state index in [1.807, 2.05) is 44.2 Å². The summed E-state index contributed by atoms with van der Waals surface area (Å²) in [6.07, 6.45) is 1.14. The SMILES string of the molecule is CCCN(CCC)C(=O)C1([C@H](Cc2ccccc2)[C@@H](O)CNCc2ccc(Cl)c(C(F)(F)F)c2)C=CC=C(C(N)=O)C1. The summed E-state index contributed by atoms with van der Waals surface area (Å²) in [6, 6.07) is 13.1. The molecule has 228 valence electrons. The minimum atomic E-state index is -4.60. The molecule has 0 spiro atoms. The lowest BCUT2D eigenvalue weighted by Crippen LogP contribution is -2.54. The highest BCUT2D eigenvalue weighted by atomic mass is 35.5. The number of amides is 2. The van der Waals surface area contributed by atoms with E-state index in [4.69, 9.17) is 17.3 Å². The number of hydrogen-bond donors (Lipinski definition) is 3. The van der Waals surface area contributed by atoms with Gasteiger partial charge in [-0.1, -0.05) is 80.1 Å². The van der Waals surface area contributed by atoms with Crippen molar-refractivity contribution in [3.05, 3.63) is 94.0 Å². The molecule has 0 aromatic heterocycles. The third-order valence-electron chi connectivity index (χ3n) is 7.61. The molecule has 1 aliphatic rings. The Balaban J connectivity index is 1.97. The van der Waals surface area contributed by atoms with Crippen LogP contribution in [0.2, 0.25) is 5.02 Å². The van der Waals surface area contributed by atoms with Crippen LogP contribution in [0.5, 0.6) is 0 Å². The highest BCUT2D eigenvalue weighted by Crippen LogP contribution is 2.44. The third kappa shape index (κ3) is 8.24. The van der Waals surface area contributed by atoms with Crippen LogP contribution >= 0.6 is 11.6 Å². The number of hydrogen-bond acceptors (Lipinski definition) is 4. The van der Waals surface area contributed by atoms with E-state index in [1.165, 1.54) is 12.1 Å². The maximum atomic E-state index is 14.4. The van der Waals surface area contributed by atoms with Crippen molar-refractivity contribution in [1.82, 2.24) is 10.2 Å². The van der Waals surface area contributed by atoms with Gasteiger partial charge in [-0.2, -0.15) is 13.2 Å². The molecule has 6 nitrogen and oxygen atoms in total. The Kier molecular flexibility index (Phi) is 11.8. The summed E-state index contributed by atoms with van der Waals surface area (Å²) < 4.78 is 40.1. The second-order valence-corrected chi connectivity index (χ2v) is 11.1. The Morgan fingerprint density at radius 3 is 2.36 bits per heavy atom. The van der Waals surface area contributed by atoms with Gasteiger partial charge in [0.05, 0.1) is 22.1 Å². The number of allylic oxidation sites excluding steroid dienone is 2. The van der Waals surface area contributed by atoms with Gasteiger partial charge in [-0.15, -0.1) is 0 Å². The van der Waals surface area contributed by atoms with E-state index < -0.39 is 35.1 Å². The summed E-state index contributed by atoms with van der Waals surface area (Å²) in [5.74, 6) is -1.52. The molecule has 1 unspecified atom stereocenters. The monoisotopic (exact) mass is 605 g/mol. The Labute approximate surface area is 250 Å². The molecular weight excluding hydrogens is 567 g/mol. The van der Waals surface area contributed by atoms with E-state index in [1.54, 1.807) is 23.1 Å². The first-order chi connectivity index (χ1) is 19.9. The van der Waals surface area contributed by atoms with Crippen molar-refractivity contribution < 1.29 is 27.9 Å². The molecule has 42 heavy (non-hydrogen) atoms. The second-order valence-electron chi connectivity index (χ2n) is 10.7. The summed E-state index contributed by atoms with van der Waals surface area (Å²) in [5, 5.41) is 14.4. The lowest BCUT2D eigenvalue weighted by atomic mass is 9.64. The van der Waals surface area contributed by atoms with Crippen LogP contribution in [-0.4, -0.2) is 47.6 Å². The van der Waals surface area contributed by atoms with E-state index in [0.29, 0.717) is 25.1 Å². The Bertz CT molecular complexity index is 1280. The summed E-state index contributed by atoms with van der Waals surface area (Å²) in [7, 11) is 0. The lowest BCUT2D eigenvalue weighted by molar-refractivity contribution is -0.145. The average molecular weight is 606 g/mol. The first-order valence-electron chi connectivity index (χ1n) is 14.2. The van der Waals surface area contributed by atoms with Gasteiger partial charge in [-0.05, 0) is 48.9 Å². The van der Waals surface area contributed by atoms with Crippen LogP contribution in [0, 0.1) is 11.3 Å². The van der Waals surface area contributed by atoms with E-state index in [9.17, 15) is 27.9 Å². The minimum absolute atomic E-state index is 0.0124. The number of benzene rings is 2. The zero-order valence-electron chi connectivity index (χ0n) is 24.0. The molecule has 0 radical (unpaired) electrons. The number of nitrogens with zero attached hydrogens (tertiary/aromatic N) is 1. The van der Waals surface area contributed by atoms with Crippen LogP contribution in [0.4, 0.5) is 13.2 Å². The fourth-order valence-electron chi connectivity index (χ4n) is 5.58. The third-order valence-corrected chi connectivity index (χ3v) is 7.94. The number of rotatable bonds is 14. The van der Waals surface area contributed by atoms with Gasteiger partial charge in [0.25, 0.3) is 0 Å². The van der Waals surface area contributed by atoms with Crippen LogP contribution in [0.1, 0.15) is 49.8 Å². The van der Waals surface area contributed by atoms with Gasteiger partial charge in [0.1, 0.15) is 0 Å². The van der Waals surface area contributed by atoms with Crippen molar-refractivity contribution >= 4 is 23.4 Å². The standard InChI is InChI=1S/C32H39ClF3N3O3/c1-3-15-39(16-4-2)30(42)31(14-8-11-24(19-31)29(37)41)26(17-22-9-6-5-7-10-22)28(40)21-38-20-23-12-13-27(33)25(18-23)32(34,35)36/h5-14,18,26,28,38,40H,3-4,15-17,19-21H2,1-2H3,(H2,37,41)/t26-,28+,31?/m1/s1. The highest BCUT2D eigenvalue weighted by molar-refractivity contribution is 6.31. The van der Waals surface area contributed by atoms with E-state index >= 15 is 0 Å². The Morgan fingerprint density at radius 1 is 1.10 bits per heavy atom. The van der Waals surface area contributed by atoms with Crippen molar-refractivity contribution in [2.45, 2.75) is 58.4 Å². The molecule has 10 heteroatoms. The average Bonchev–Trinajstić information content (AvgIpc) is 2.96. The fourth-order valence-corrected chi connectivity index (χ4v) is 5.81. The van der Waals surface area contributed by atoms with Gasteiger partial charge in [-0.3, -0.25) is 9.59 Å². The van der Waals surface area contributed by atoms with Crippen molar-refractivity contribution in [3.63, 3.8) is 0 Å². The Morgan fingerprint density at radius 2 is 1.76 bits per heavy atom. The normalized spacial score (nSPS) is 18.3. The second kappa shape index (κ2) is 14.8. The van der Waals surface area contributed by atoms with E-state index in [0.717, 1.165) is 24.5 Å². The maximum Gasteiger partial charge on any atom is 0.417 e. The number of nitrogens with two attached hydrogens (primary N) is 1. The lowest BCUT2D eigenvalue weighted by Gasteiger charge is -2.44. The zero-order valence-corrected chi connectivity index (χ0v) is 24.7. The number of aliphatic hydroxyl groups is 1.